The molecule has 82 valence electrons. The first-order chi connectivity index (χ1) is 7.04. The van der Waals surface area contributed by atoms with Gasteiger partial charge in [0.15, 0.2) is 0 Å². The van der Waals surface area contributed by atoms with Crippen molar-refractivity contribution in [2.75, 3.05) is 10.6 Å². The molecule has 1 aromatic rings. The van der Waals surface area contributed by atoms with Gasteiger partial charge in [-0.05, 0) is 40.5 Å². The molecule has 0 fully saturated rings. The molecule has 0 spiro atoms. The Balaban J connectivity index is 2.86. The summed E-state index contributed by atoms with van der Waals surface area (Å²) in [5.74, 6) is -0.0347. The zero-order valence-electron chi connectivity index (χ0n) is 8.11. The Morgan fingerprint density at radius 3 is 2.80 bits per heavy atom. The Labute approximate surface area is 111 Å². The maximum Gasteiger partial charge on any atom is 0.225 e. The maximum atomic E-state index is 11.4. The van der Waals surface area contributed by atoms with Crippen LogP contribution in [0, 0.1) is 6.92 Å². The first-order valence-electron chi connectivity index (χ1n) is 4.36. The van der Waals surface area contributed by atoms with Crippen molar-refractivity contribution < 1.29 is 4.79 Å². The zero-order valence-corrected chi connectivity index (χ0v) is 12.0. The molecule has 0 atom stereocenters. The monoisotopic (exact) mass is 353 g/mol. The van der Waals surface area contributed by atoms with Gasteiger partial charge in [0, 0.05) is 21.2 Å². The molecule has 0 radical (unpaired) electrons. The van der Waals surface area contributed by atoms with E-state index in [0.717, 1.165) is 10.0 Å². The predicted octanol–water partition coefficient (Wildman–Crippen LogP) is 4.13. The molecule has 1 N–H and O–H groups in total. The van der Waals surface area contributed by atoms with E-state index < -0.39 is 0 Å². The molecule has 1 amide bonds. The molecule has 0 aromatic heterocycles. The van der Waals surface area contributed by atoms with Crippen LogP contribution in [0.25, 0.3) is 0 Å². The third-order valence-electron chi connectivity index (χ3n) is 1.84. The molecule has 0 aliphatic heterocycles. The lowest BCUT2D eigenvalue weighted by molar-refractivity contribution is -0.115. The number of rotatable bonds is 3. The van der Waals surface area contributed by atoms with Crippen molar-refractivity contribution in [3.8, 4) is 0 Å². The molecule has 0 saturated carbocycles. The van der Waals surface area contributed by atoms with Crippen molar-refractivity contribution >= 4 is 55.1 Å². The minimum atomic E-state index is -0.0347. The van der Waals surface area contributed by atoms with Crippen LogP contribution in [0.4, 0.5) is 5.69 Å². The van der Waals surface area contributed by atoms with Crippen LogP contribution >= 0.6 is 43.5 Å². The van der Waals surface area contributed by atoms with Crippen molar-refractivity contribution in [3.63, 3.8) is 0 Å². The summed E-state index contributed by atoms with van der Waals surface area (Å²) < 4.78 is 0.840. The number of hydrogen-bond donors (Lipinski definition) is 1. The van der Waals surface area contributed by atoms with Crippen LogP contribution in [0.2, 0.25) is 5.02 Å². The van der Waals surface area contributed by atoms with Gasteiger partial charge >= 0.3 is 0 Å². The Kier molecular flexibility index (Phi) is 5.09. The molecule has 0 saturated heterocycles. The number of halogens is 3. The maximum absolute atomic E-state index is 11.4. The highest BCUT2D eigenvalue weighted by Crippen LogP contribution is 2.29. The minimum Gasteiger partial charge on any atom is -0.325 e. The van der Waals surface area contributed by atoms with Crippen LogP contribution in [-0.2, 0) is 4.79 Å². The number of aryl methyl sites for hydroxylation is 1. The van der Waals surface area contributed by atoms with E-state index in [1.165, 1.54) is 0 Å². The Bertz CT molecular complexity index is 382. The largest absolute Gasteiger partial charge is 0.325 e. The van der Waals surface area contributed by atoms with E-state index >= 15 is 0 Å². The van der Waals surface area contributed by atoms with Gasteiger partial charge in [0.05, 0.1) is 5.69 Å². The van der Waals surface area contributed by atoms with E-state index in [1.54, 1.807) is 6.07 Å². The van der Waals surface area contributed by atoms with Crippen LogP contribution in [0.3, 0.4) is 0 Å². The third kappa shape index (κ3) is 3.78. The molecule has 0 unspecified atom stereocenters. The topological polar surface area (TPSA) is 29.1 Å². The molecule has 0 aliphatic carbocycles. The Morgan fingerprint density at radius 2 is 2.20 bits per heavy atom. The zero-order chi connectivity index (χ0) is 11.4. The molecule has 0 bridgehead atoms. The number of carbonyl (C=O) groups excluding carboxylic acids is 1. The SMILES string of the molecule is Cc1cc(Br)c(NC(=O)CCBr)cc1Cl. The highest BCUT2D eigenvalue weighted by molar-refractivity contribution is 9.10. The van der Waals surface area contributed by atoms with Crippen molar-refractivity contribution in [2.45, 2.75) is 13.3 Å². The number of hydrogen-bond acceptors (Lipinski definition) is 1. The number of alkyl halides is 1. The van der Waals surface area contributed by atoms with Crippen LogP contribution < -0.4 is 5.32 Å². The Hall–Kier alpha value is -0.0600. The van der Waals surface area contributed by atoms with Gasteiger partial charge in [0.2, 0.25) is 5.91 Å². The second kappa shape index (κ2) is 5.87. The number of anilines is 1. The van der Waals surface area contributed by atoms with Gasteiger partial charge in [-0.25, -0.2) is 0 Å². The van der Waals surface area contributed by atoms with Gasteiger partial charge in [0.1, 0.15) is 0 Å². The van der Waals surface area contributed by atoms with Crippen molar-refractivity contribution in [2.24, 2.45) is 0 Å². The average Bonchev–Trinajstić information content (AvgIpc) is 2.14. The molecular weight excluding hydrogens is 345 g/mol. The molecule has 1 aromatic carbocycles. The second-order valence-electron chi connectivity index (χ2n) is 3.07. The van der Waals surface area contributed by atoms with Crippen LogP contribution in [-0.4, -0.2) is 11.2 Å². The first-order valence-corrected chi connectivity index (χ1v) is 6.65. The number of amides is 1. The molecule has 0 aliphatic rings. The van der Waals surface area contributed by atoms with Crippen molar-refractivity contribution in [1.82, 2.24) is 0 Å². The van der Waals surface area contributed by atoms with Crippen molar-refractivity contribution in [1.29, 1.82) is 0 Å². The normalized spacial score (nSPS) is 10.1. The average molecular weight is 355 g/mol. The second-order valence-corrected chi connectivity index (χ2v) is 5.12. The highest BCUT2D eigenvalue weighted by atomic mass is 79.9. The summed E-state index contributed by atoms with van der Waals surface area (Å²) in [7, 11) is 0. The predicted molar refractivity (Wildman–Crippen MR) is 70.9 cm³/mol. The fourth-order valence-electron chi connectivity index (χ4n) is 1.04. The lowest BCUT2D eigenvalue weighted by Crippen LogP contribution is -2.12. The van der Waals surface area contributed by atoms with E-state index in [0.29, 0.717) is 22.5 Å². The van der Waals surface area contributed by atoms with Crippen LogP contribution in [0.1, 0.15) is 12.0 Å². The van der Waals surface area contributed by atoms with Gasteiger partial charge in [-0.1, -0.05) is 27.5 Å². The highest BCUT2D eigenvalue weighted by Gasteiger charge is 2.07. The standard InChI is InChI=1S/C10H10Br2ClNO/c1-6-4-7(12)9(5-8(6)13)14-10(15)2-3-11/h4-5H,2-3H2,1H3,(H,14,15). The summed E-state index contributed by atoms with van der Waals surface area (Å²) in [6, 6.07) is 3.62. The lowest BCUT2D eigenvalue weighted by atomic mass is 10.2. The fraction of sp³-hybridized carbons (Fsp3) is 0.300. The van der Waals surface area contributed by atoms with Gasteiger partial charge in [-0.15, -0.1) is 0 Å². The van der Waals surface area contributed by atoms with E-state index in [-0.39, 0.29) is 5.91 Å². The first kappa shape index (κ1) is 13.0. The molecular formula is C10H10Br2ClNO. The van der Waals surface area contributed by atoms with Gasteiger partial charge < -0.3 is 5.32 Å². The summed E-state index contributed by atoms with van der Waals surface area (Å²) in [4.78, 5) is 11.4. The summed E-state index contributed by atoms with van der Waals surface area (Å²) >= 11 is 12.6. The third-order valence-corrected chi connectivity index (χ3v) is 3.30. The van der Waals surface area contributed by atoms with Gasteiger partial charge in [0.25, 0.3) is 0 Å². The molecule has 1 rings (SSSR count). The Morgan fingerprint density at radius 1 is 1.53 bits per heavy atom. The number of carbonyl (C=O) groups is 1. The molecule has 0 heterocycles. The van der Waals surface area contributed by atoms with E-state index in [4.69, 9.17) is 11.6 Å². The molecule has 15 heavy (non-hydrogen) atoms. The molecule has 5 heteroatoms. The summed E-state index contributed by atoms with van der Waals surface area (Å²) in [6.45, 7) is 1.91. The molecule has 2 nitrogen and oxygen atoms in total. The van der Waals surface area contributed by atoms with E-state index in [1.807, 2.05) is 13.0 Å². The fourth-order valence-corrected chi connectivity index (χ4v) is 2.12. The van der Waals surface area contributed by atoms with Gasteiger partial charge in [-0.3, -0.25) is 4.79 Å². The van der Waals surface area contributed by atoms with Crippen LogP contribution in [0.15, 0.2) is 16.6 Å². The smallest absolute Gasteiger partial charge is 0.225 e. The van der Waals surface area contributed by atoms with E-state index in [2.05, 4.69) is 37.2 Å². The van der Waals surface area contributed by atoms with Gasteiger partial charge in [-0.2, -0.15) is 0 Å². The lowest BCUT2D eigenvalue weighted by Gasteiger charge is -2.08. The quantitative estimate of drug-likeness (QED) is 0.812. The summed E-state index contributed by atoms with van der Waals surface area (Å²) in [5, 5.41) is 4.07. The summed E-state index contributed by atoms with van der Waals surface area (Å²) in [5.41, 5.74) is 1.68. The van der Waals surface area contributed by atoms with Crippen molar-refractivity contribution in [3.05, 3.63) is 27.2 Å². The van der Waals surface area contributed by atoms with E-state index in [9.17, 15) is 4.79 Å². The summed E-state index contributed by atoms with van der Waals surface area (Å²) in [6.07, 6.45) is 0.442. The number of nitrogens with one attached hydrogen (secondary N) is 1. The number of benzene rings is 1. The minimum absolute atomic E-state index is 0.0347. The van der Waals surface area contributed by atoms with Crippen LogP contribution in [0.5, 0.6) is 0 Å².